The first kappa shape index (κ1) is 13.1. The minimum absolute atomic E-state index is 0.0557. The number of hydrogen-bond donors (Lipinski definition) is 3. The third kappa shape index (κ3) is 4.60. The predicted octanol–water partition coefficient (Wildman–Crippen LogP) is 0.263. The molecule has 0 aliphatic carbocycles. The second kappa shape index (κ2) is 6.59. The molecule has 0 atom stereocenters. The monoisotopic (exact) mass is 240 g/mol. The summed E-state index contributed by atoms with van der Waals surface area (Å²) < 4.78 is 12.6. The van der Waals surface area contributed by atoms with Crippen LogP contribution in [0.3, 0.4) is 0 Å². The molecule has 1 rings (SSSR count). The fourth-order valence-corrected chi connectivity index (χ4v) is 1.08. The Labute approximate surface area is 97.6 Å². The summed E-state index contributed by atoms with van der Waals surface area (Å²) in [5.41, 5.74) is 0.341. The second-order valence-electron chi connectivity index (χ2n) is 3.29. The van der Waals surface area contributed by atoms with Crippen LogP contribution in [0.1, 0.15) is 6.42 Å². The number of rotatable bonds is 4. The van der Waals surface area contributed by atoms with E-state index >= 15 is 0 Å². The number of nitrogens with one attached hydrogen (secondary N) is 2. The third-order valence-electron chi connectivity index (χ3n) is 1.93. The molecule has 1 aromatic rings. The topological polar surface area (TPSA) is 78.4 Å². The summed E-state index contributed by atoms with van der Waals surface area (Å²) in [4.78, 5) is 22.5. The van der Waals surface area contributed by atoms with E-state index in [2.05, 4.69) is 10.6 Å². The van der Waals surface area contributed by atoms with Gasteiger partial charge < -0.3 is 15.7 Å². The first-order chi connectivity index (χ1) is 8.13. The standard InChI is InChI=1S/C11H13FN2O3/c12-8-2-4-9(5-3-8)14-11(17)10(16)13-6-1-7-15/h2-5,15H,1,6-7H2,(H,13,16)(H,14,17). The van der Waals surface area contributed by atoms with E-state index in [1.807, 2.05) is 0 Å². The summed E-state index contributed by atoms with van der Waals surface area (Å²) in [6.07, 6.45) is 0.384. The van der Waals surface area contributed by atoms with Gasteiger partial charge in [0, 0.05) is 18.8 Å². The lowest BCUT2D eigenvalue weighted by Crippen LogP contribution is -2.36. The molecular weight excluding hydrogens is 227 g/mol. The predicted molar refractivity (Wildman–Crippen MR) is 59.7 cm³/mol. The lowest BCUT2D eigenvalue weighted by Gasteiger charge is -2.05. The largest absolute Gasteiger partial charge is 0.396 e. The Bertz CT molecular complexity index is 392. The second-order valence-corrected chi connectivity index (χ2v) is 3.29. The number of carbonyl (C=O) groups is 2. The van der Waals surface area contributed by atoms with Gasteiger partial charge in [-0.05, 0) is 30.7 Å². The molecule has 0 aliphatic rings. The Morgan fingerprint density at radius 3 is 2.41 bits per heavy atom. The van der Waals surface area contributed by atoms with E-state index in [-0.39, 0.29) is 13.2 Å². The molecular formula is C11H13FN2O3. The van der Waals surface area contributed by atoms with Gasteiger partial charge in [-0.25, -0.2) is 4.39 Å². The summed E-state index contributed by atoms with van der Waals surface area (Å²) in [5, 5.41) is 13.1. The summed E-state index contributed by atoms with van der Waals surface area (Å²) >= 11 is 0. The van der Waals surface area contributed by atoms with Gasteiger partial charge in [0.25, 0.3) is 0 Å². The Hall–Kier alpha value is -1.95. The fourth-order valence-electron chi connectivity index (χ4n) is 1.08. The van der Waals surface area contributed by atoms with Gasteiger partial charge in [0.15, 0.2) is 0 Å². The molecule has 0 unspecified atom stereocenters. The summed E-state index contributed by atoms with van der Waals surface area (Å²) in [5.74, 6) is -2.03. The number of hydrogen-bond acceptors (Lipinski definition) is 3. The van der Waals surface area contributed by atoms with Gasteiger partial charge in [0.05, 0.1) is 0 Å². The first-order valence-corrected chi connectivity index (χ1v) is 5.09. The molecule has 6 heteroatoms. The van der Waals surface area contributed by atoms with Crippen LogP contribution in [0.2, 0.25) is 0 Å². The molecule has 0 saturated heterocycles. The van der Waals surface area contributed by atoms with E-state index in [0.717, 1.165) is 0 Å². The van der Waals surface area contributed by atoms with Crippen LogP contribution in [0.5, 0.6) is 0 Å². The minimum Gasteiger partial charge on any atom is -0.396 e. The van der Waals surface area contributed by atoms with Crippen LogP contribution in [0, 0.1) is 5.82 Å². The Balaban J connectivity index is 2.43. The van der Waals surface area contributed by atoms with Gasteiger partial charge in [-0.2, -0.15) is 0 Å². The Morgan fingerprint density at radius 1 is 1.18 bits per heavy atom. The maximum Gasteiger partial charge on any atom is 0.313 e. The number of carbonyl (C=O) groups excluding carboxylic acids is 2. The van der Waals surface area contributed by atoms with Gasteiger partial charge >= 0.3 is 11.8 Å². The molecule has 0 bridgehead atoms. The van der Waals surface area contributed by atoms with Crippen LogP contribution in [0.15, 0.2) is 24.3 Å². The van der Waals surface area contributed by atoms with Crippen LogP contribution in [-0.4, -0.2) is 30.1 Å². The zero-order valence-corrected chi connectivity index (χ0v) is 9.07. The van der Waals surface area contributed by atoms with Crippen molar-refractivity contribution >= 4 is 17.5 Å². The smallest absolute Gasteiger partial charge is 0.313 e. The SMILES string of the molecule is O=C(NCCCO)C(=O)Nc1ccc(F)cc1. The van der Waals surface area contributed by atoms with E-state index in [4.69, 9.17) is 5.11 Å². The highest BCUT2D eigenvalue weighted by molar-refractivity contribution is 6.39. The van der Waals surface area contributed by atoms with Crippen LogP contribution in [0.4, 0.5) is 10.1 Å². The number of anilines is 1. The number of aliphatic hydroxyl groups is 1. The molecule has 0 radical (unpaired) electrons. The van der Waals surface area contributed by atoms with Crippen molar-refractivity contribution in [3.63, 3.8) is 0 Å². The number of amides is 2. The highest BCUT2D eigenvalue weighted by Gasteiger charge is 2.12. The van der Waals surface area contributed by atoms with Gasteiger partial charge in [-0.15, -0.1) is 0 Å². The van der Waals surface area contributed by atoms with Crippen molar-refractivity contribution in [2.45, 2.75) is 6.42 Å². The lowest BCUT2D eigenvalue weighted by atomic mass is 10.3. The normalized spacial score (nSPS) is 9.76. The summed E-state index contributed by atoms with van der Waals surface area (Å²) in [7, 11) is 0. The van der Waals surface area contributed by atoms with Gasteiger partial charge in [0.2, 0.25) is 0 Å². The van der Waals surface area contributed by atoms with E-state index in [1.54, 1.807) is 0 Å². The zero-order valence-electron chi connectivity index (χ0n) is 9.07. The highest BCUT2D eigenvalue weighted by atomic mass is 19.1. The van der Waals surface area contributed by atoms with Crippen LogP contribution in [0.25, 0.3) is 0 Å². The quantitative estimate of drug-likeness (QED) is 0.522. The molecule has 0 aliphatic heterocycles. The van der Waals surface area contributed by atoms with Gasteiger partial charge in [-0.1, -0.05) is 0 Å². The molecule has 2 amide bonds. The maximum atomic E-state index is 12.6. The van der Waals surface area contributed by atoms with Crippen molar-refractivity contribution in [3.8, 4) is 0 Å². The highest BCUT2D eigenvalue weighted by Crippen LogP contribution is 2.07. The van der Waals surface area contributed by atoms with Crippen molar-refractivity contribution in [2.24, 2.45) is 0 Å². The lowest BCUT2D eigenvalue weighted by molar-refractivity contribution is -0.136. The zero-order chi connectivity index (χ0) is 12.7. The molecule has 0 fully saturated rings. The minimum atomic E-state index is -0.824. The Morgan fingerprint density at radius 2 is 1.82 bits per heavy atom. The van der Waals surface area contributed by atoms with Crippen LogP contribution >= 0.6 is 0 Å². The average Bonchev–Trinajstić information content (AvgIpc) is 2.32. The van der Waals surface area contributed by atoms with Gasteiger partial charge in [-0.3, -0.25) is 9.59 Å². The third-order valence-corrected chi connectivity index (χ3v) is 1.93. The van der Waals surface area contributed by atoms with E-state index < -0.39 is 17.6 Å². The molecule has 17 heavy (non-hydrogen) atoms. The van der Waals surface area contributed by atoms with E-state index in [0.29, 0.717) is 12.1 Å². The molecule has 0 aromatic heterocycles. The van der Waals surface area contributed by atoms with E-state index in [1.165, 1.54) is 24.3 Å². The van der Waals surface area contributed by atoms with Crippen molar-refractivity contribution in [2.75, 3.05) is 18.5 Å². The molecule has 92 valence electrons. The van der Waals surface area contributed by atoms with Crippen molar-refractivity contribution in [3.05, 3.63) is 30.1 Å². The van der Waals surface area contributed by atoms with Crippen molar-refractivity contribution in [1.29, 1.82) is 0 Å². The van der Waals surface area contributed by atoms with Gasteiger partial charge in [0.1, 0.15) is 5.82 Å². The molecule has 5 nitrogen and oxygen atoms in total. The molecule has 1 aromatic carbocycles. The maximum absolute atomic E-state index is 12.6. The fraction of sp³-hybridized carbons (Fsp3) is 0.273. The number of aliphatic hydroxyl groups excluding tert-OH is 1. The van der Waals surface area contributed by atoms with Crippen molar-refractivity contribution < 1.29 is 19.1 Å². The number of benzene rings is 1. The molecule has 0 spiro atoms. The summed E-state index contributed by atoms with van der Waals surface area (Å²) in [6.45, 7) is 0.173. The Kier molecular flexibility index (Phi) is 5.09. The van der Waals surface area contributed by atoms with Crippen LogP contribution < -0.4 is 10.6 Å². The van der Waals surface area contributed by atoms with Crippen molar-refractivity contribution in [1.82, 2.24) is 5.32 Å². The molecule has 0 saturated carbocycles. The van der Waals surface area contributed by atoms with E-state index in [9.17, 15) is 14.0 Å². The first-order valence-electron chi connectivity index (χ1n) is 5.09. The molecule has 0 heterocycles. The average molecular weight is 240 g/mol. The summed E-state index contributed by atoms with van der Waals surface area (Å²) in [6, 6.07) is 5.07. The number of halogens is 1. The van der Waals surface area contributed by atoms with Crippen LogP contribution in [-0.2, 0) is 9.59 Å². The molecule has 3 N–H and O–H groups in total.